The van der Waals surface area contributed by atoms with E-state index < -0.39 is 17.9 Å². The molecule has 2 N–H and O–H groups in total. The molecule has 0 aliphatic carbocycles. The maximum atomic E-state index is 13.8. The third-order valence-electron chi connectivity index (χ3n) is 4.00. The van der Waals surface area contributed by atoms with Gasteiger partial charge in [-0.25, -0.2) is 9.18 Å². The first-order chi connectivity index (χ1) is 12.1. The van der Waals surface area contributed by atoms with Gasteiger partial charge in [0.05, 0.1) is 12.8 Å². The summed E-state index contributed by atoms with van der Waals surface area (Å²) < 4.78 is 18.9. The molecular formula is C18H18FN3O3. The molecule has 0 spiro atoms. The number of nitrogens with zero attached hydrogens (tertiary/aromatic N) is 1. The highest BCUT2D eigenvalue weighted by atomic mass is 19.1. The monoisotopic (exact) mass is 343 g/mol. The maximum Gasteiger partial charge on any atom is 0.319 e. The number of halogens is 1. The Hall–Kier alpha value is -3.09. The number of rotatable bonds is 4. The second-order valence-electron chi connectivity index (χ2n) is 5.61. The smallest absolute Gasteiger partial charge is 0.319 e. The van der Waals surface area contributed by atoms with Gasteiger partial charge in [0, 0.05) is 12.2 Å². The number of anilines is 2. The molecule has 2 aromatic carbocycles. The number of nitrogens with one attached hydrogen (secondary N) is 2. The molecule has 1 saturated heterocycles. The maximum absolute atomic E-state index is 13.8. The van der Waals surface area contributed by atoms with E-state index in [-0.39, 0.29) is 11.6 Å². The van der Waals surface area contributed by atoms with Gasteiger partial charge in [-0.15, -0.1) is 0 Å². The van der Waals surface area contributed by atoms with E-state index in [1.807, 2.05) is 0 Å². The first-order valence-electron chi connectivity index (χ1n) is 7.86. The second-order valence-corrected chi connectivity index (χ2v) is 5.61. The zero-order valence-electron chi connectivity index (χ0n) is 13.7. The lowest BCUT2D eigenvalue weighted by atomic mass is 10.2. The van der Waals surface area contributed by atoms with E-state index >= 15 is 0 Å². The highest BCUT2D eigenvalue weighted by Crippen LogP contribution is 2.24. The van der Waals surface area contributed by atoms with Crippen molar-refractivity contribution in [3.8, 4) is 5.75 Å². The normalized spacial score (nSPS) is 16.6. The second kappa shape index (κ2) is 7.21. The van der Waals surface area contributed by atoms with E-state index in [2.05, 4.69) is 10.6 Å². The summed E-state index contributed by atoms with van der Waals surface area (Å²) in [6, 6.07) is 11.7. The van der Waals surface area contributed by atoms with Crippen LogP contribution >= 0.6 is 0 Å². The van der Waals surface area contributed by atoms with Crippen LogP contribution in [0.1, 0.15) is 6.42 Å². The molecule has 1 fully saturated rings. The first kappa shape index (κ1) is 16.8. The Labute approximate surface area is 144 Å². The minimum absolute atomic E-state index is 0.229. The van der Waals surface area contributed by atoms with Crippen molar-refractivity contribution in [1.82, 2.24) is 5.32 Å². The van der Waals surface area contributed by atoms with Crippen molar-refractivity contribution in [2.24, 2.45) is 0 Å². The zero-order chi connectivity index (χ0) is 17.8. The Morgan fingerprint density at radius 1 is 1.20 bits per heavy atom. The third kappa shape index (κ3) is 3.71. The molecule has 0 radical (unpaired) electrons. The highest BCUT2D eigenvalue weighted by molar-refractivity contribution is 6.02. The van der Waals surface area contributed by atoms with Crippen molar-refractivity contribution in [3.63, 3.8) is 0 Å². The van der Waals surface area contributed by atoms with E-state index in [1.54, 1.807) is 49.6 Å². The number of para-hydroxylation sites is 1. The van der Waals surface area contributed by atoms with Gasteiger partial charge in [0.15, 0.2) is 0 Å². The Balaban J connectivity index is 1.60. The molecule has 0 unspecified atom stereocenters. The zero-order valence-corrected chi connectivity index (χ0v) is 13.7. The predicted molar refractivity (Wildman–Crippen MR) is 92.3 cm³/mol. The fourth-order valence-corrected chi connectivity index (χ4v) is 2.72. The van der Waals surface area contributed by atoms with Crippen LogP contribution in [0.5, 0.6) is 5.75 Å². The van der Waals surface area contributed by atoms with Crippen molar-refractivity contribution in [3.05, 3.63) is 54.3 Å². The SMILES string of the molecule is COc1ccc(NC(=O)N[C@H]2CCN(c3ccccc3F)C2=O)cc1. The molecule has 3 rings (SSSR count). The van der Waals surface area contributed by atoms with Crippen molar-refractivity contribution < 1.29 is 18.7 Å². The lowest BCUT2D eigenvalue weighted by Crippen LogP contribution is -2.43. The minimum atomic E-state index is -0.683. The van der Waals surface area contributed by atoms with Gasteiger partial charge in [-0.2, -0.15) is 0 Å². The molecule has 2 aromatic rings. The molecule has 1 heterocycles. The number of hydrogen-bond acceptors (Lipinski definition) is 3. The molecule has 1 aliphatic heterocycles. The number of benzene rings is 2. The molecule has 3 amide bonds. The average molecular weight is 343 g/mol. The van der Waals surface area contributed by atoms with Crippen molar-refractivity contribution in [1.29, 1.82) is 0 Å². The topological polar surface area (TPSA) is 70.7 Å². The van der Waals surface area contributed by atoms with Gasteiger partial charge in [-0.05, 0) is 42.8 Å². The van der Waals surface area contributed by atoms with Crippen molar-refractivity contribution >= 4 is 23.3 Å². The third-order valence-corrected chi connectivity index (χ3v) is 4.00. The van der Waals surface area contributed by atoms with Crippen LogP contribution in [0.4, 0.5) is 20.6 Å². The van der Waals surface area contributed by atoms with Crippen LogP contribution in [0, 0.1) is 5.82 Å². The number of urea groups is 1. The van der Waals surface area contributed by atoms with Gasteiger partial charge in [0.1, 0.15) is 17.6 Å². The molecule has 25 heavy (non-hydrogen) atoms. The van der Waals surface area contributed by atoms with Gasteiger partial charge >= 0.3 is 6.03 Å². The molecule has 0 aromatic heterocycles. The summed E-state index contributed by atoms with van der Waals surface area (Å²) >= 11 is 0. The van der Waals surface area contributed by atoms with Crippen molar-refractivity contribution in [2.45, 2.75) is 12.5 Å². The number of ether oxygens (including phenoxy) is 1. The van der Waals surface area contributed by atoms with Crippen LogP contribution in [0.15, 0.2) is 48.5 Å². The Morgan fingerprint density at radius 3 is 2.60 bits per heavy atom. The summed E-state index contributed by atoms with van der Waals surface area (Å²) in [5.41, 5.74) is 0.807. The van der Waals surface area contributed by atoms with Crippen LogP contribution < -0.4 is 20.3 Å². The van der Waals surface area contributed by atoms with E-state index in [4.69, 9.17) is 4.74 Å². The average Bonchev–Trinajstić information content (AvgIpc) is 2.96. The predicted octanol–water partition coefficient (Wildman–Crippen LogP) is 2.76. The van der Waals surface area contributed by atoms with Gasteiger partial charge in [-0.1, -0.05) is 12.1 Å². The molecule has 6 nitrogen and oxygen atoms in total. The van der Waals surface area contributed by atoms with Crippen LogP contribution in [0.3, 0.4) is 0 Å². The highest BCUT2D eigenvalue weighted by Gasteiger charge is 2.34. The number of hydrogen-bond donors (Lipinski definition) is 2. The van der Waals surface area contributed by atoms with Crippen LogP contribution in [0.25, 0.3) is 0 Å². The molecule has 0 saturated carbocycles. The summed E-state index contributed by atoms with van der Waals surface area (Å²) in [5, 5.41) is 5.29. The number of amides is 3. The molecule has 7 heteroatoms. The van der Waals surface area contributed by atoms with Crippen LogP contribution in [-0.2, 0) is 4.79 Å². The summed E-state index contributed by atoms with van der Waals surface area (Å²) in [7, 11) is 1.56. The Kier molecular flexibility index (Phi) is 4.83. The molecule has 1 atom stereocenters. The minimum Gasteiger partial charge on any atom is -0.497 e. The lowest BCUT2D eigenvalue weighted by Gasteiger charge is -2.18. The van der Waals surface area contributed by atoms with E-state index in [0.717, 1.165) is 0 Å². The quantitative estimate of drug-likeness (QED) is 0.897. The van der Waals surface area contributed by atoms with Crippen LogP contribution in [-0.4, -0.2) is 31.6 Å². The fraction of sp³-hybridized carbons (Fsp3) is 0.222. The van der Waals surface area contributed by atoms with Gasteiger partial charge in [-0.3, -0.25) is 4.79 Å². The number of methoxy groups -OCH3 is 1. The summed E-state index contributed by atoms with van der Waals surface area (Å²) in [6.07, 6.45) is 0.420. The standard InChI is InChI=1S/C18H18FN3O3/c1-25-13-8-6-12(7-9-13)20-18(24)21-15-10-11-22(17(15)23)16-5-3-2-4-14(16)19/h2-9,15H,10-11H2,1H3,(H2,20,21,24)/t15-/m0/s1. The Bertz CT molecular complexity index is 779. The summed E-state index contributed by atoms with van der Waals surface area (Å²) in [5.74, 6) is -0.105. The van der Waals surface area contributed by atoms with E-state index in [9.17, 15) is 14.0 Å². The van der Waals surface area contributed by atoms with Gasteiger partial charge < -0.3 is 20.3 Å². The molecule has 130 valence electrons. The molecule has 1 aliphatic rings. The lowest BCUT2D eigenvalue weighted by molar-refractivity contribution is -0.118. The van der Waals surface area contributed by atoms with E-state index in [1.165, 1.54) is 11.0 Å². The van der Waals surface area contributed by atoms with Crippen molar-refractivity contribution in [2.75, 3.05) is 23.9 Å². The number of carbonyl (C=O) groups is 2. The summed E-state index contributed by atoms with van der Waals surface area (Å²) in [6.45, 7) is 0.354. The first-order valence-corrected chi connectivity index (χ1v) is 7.86. The molecule has 0 bridgehead atoms. The largest absolute Gasteiger partial charge is 0.497 e. The summed E-state index contributed by atoms with van der Waals surface area (Å²) in [4.78, 5) is 25.9. The number of carbonyl (C=O) groups excluding carboxylic acids is 2. The molecular weight excluding hydrogens is 325 g/mol. The fourth-order valence-electron chi connectivity index (χ4n) is 2.72. The van der Waals surface area contributed by atoms with Crippen LogP contribution in [0.2, 0.25) is 0 Å². The van der Waals surface area contributed by atoms with E-state index in [0.29, 0.717) is 24.4 Å². The van der Waals surface area contributed by atoms with Gasteiger partial charge in [0.2, 0.25) is 5.91 Å². The Morgan fingerprint density at radius 2 is 1.92 bits per heavy atom. The van der Waals surface area contributed by atoms with Gasteiger partial charge in [0.25, 0.3) is 0 Å².